The number of halogens is 1. The van der Waals surface area contributed by atoms with Crippen LogP contribution in [0.5, 0.6) is 0 Å². The van der Waals surface area contributed by atoms with Gasteiger partial charge in [0.1, 0.15) is 5.52 Å². The molecular weight excluding hydrogens is 424 g/mol. The molecule has 164 valence electrons. The third kappa shape index (κ3) is 4.92. The highest BCUT2D eigenvalue weighted by atomic mass is 35.5. The summed E-state index contributed by atoms with van der Waals surface area (Å²) in [6.07, 6.45) is 3.61. The maximum Gasteiger partial charge on any atom is 0.276 e. The Bertz CT molecular complexity index is 1310. The SMILES string of the molecule is CC(C)c1ccc(-c2cc3c(=O)n(CCC(=O)NCc4cccc(Cl)c4)ccn3n2)cc1. The van der Waals surface area contributed by atoms with Crippen molar-refractivity contribution in [1.29, 1.82) is 0 Å². The fourth-order valence-electron chi connectivity index (χ4n) is 3.54. The van der Waals surface area contributed by atoms with Gasteiger partial charge in [-0.2, -0.15) is 5.10 Å². The summed E-state index contributed by atoms with van der Waals surface area (Å²) in [6.45, 7) is 5.00. The molecule has 0 aliphatic heterocycles. The monoisotopic (exact) mass is 448 g/mol. The molecule has 32 heavy (non-hydrogen) atoms. The Morgan fingerprint density at radius 1 is 1.09 bits per heavy atom. The minimum Gasteiger partial charge on any atom is -0.352 e. The third-order valence-electron chi connectivity index (χ3n) is 5.44. The fourth-order valence-corrected chi connectivity index (χ4v) is 3.75. The number of hydrogen-bond donors (Lipinski definition) is 1. The lowest BCUT2D eigenvalue weighted by Crippen LogP contribution is -2.27. The molecule has 0 aliphatic rings. The summed E-state index contributed by atoms with van der Waals surface area (Å²) in [5, 5.41) is 8.03. The molecule has 0 saturated heterocycles. The van der Waals surface area contributed by atoms with E-state index in [-0.39, 0.29) is 17.9 Å². The maximum absolute atomic E-state index is 12.9. The predicted molar refractivity (Wildman–Crippen MR) is 127 cm³/mol. The average Bonchev–Trinajstić information content (AvgIpc) is 3.23. The summed E-state index contributed by atoms with van der Waals surface area (Å²) >= 11 is 5.97. The van der Waals surface area contributed by atoms with Crippen LogP contribution < -0.4 is 10.9 Å². The molecule has 0 radical (unpaired) electrons. The Labute approximate surface area is 191 Å². The second-order valence-electron chi connectivity index (χ2n) is 8.09. The zero-order valence-electron chi connectivity index (χ0n) is 18.1. The van der Waals surface area contributed by atoms with Gasteiger partial charge in [-0.15, -0.1) is 0 Å². The summed E-state index contributed by atoms with van der Waals surface area (Å²) in [7, 11) is 0. The summed E-state index contributed by atoms with van der Waals surface area (Å²) in [6, 6.07) is 17.4. The molecule has 6 nitrogen and oxygen atoms in total. The van der Waals surface area contributed by atoms with Gasteiger partial charge in [-0.05, 0) is 35.2 Å². The standard InChI is InChI=1S/C25H25ClN4O2/c1-17(2)19-6-8-20(9-7-19)22-15-23-25(32)29(12-13-30(23)28-22)11-10-24(31)27-16-18-4-3-5-21(26)14-18/h3-9,12-15,17H,10-11,16H2,1-2H3,(H,27,31). The topological polar surface area (TPSA) is 68.4 Å². The van der Waals surface area contributed by atoms with E-state index < -0.39 is 0 Å². The Morgan fingerprint density at radius 3 is 2.59 bits per heavy atom. The van der Waals surface area contributed by atoms with E-state index in [1.54, 1.807) is 33.6 Å². The molecule has 0 spiro atoms. The number of benzene rings is 2. The number of carbonyl (C=O) groups is 1. The normalized spacial score (nSPS) is 11.2. The van der Waals surface area contributed by atoms with Gasteiger partial charge in [0.15, 0.2) is 0 Å². The maximum atomic E-state index is 12.9. The van der Waals surface area contributed by atoms with Gasteiger partial charge < -0.3 is 9.88 Å². The Hall–Kier alpha value is -3.38. The molecule has 4 aromatic rings. The first-order chi connectivity index (χ1) is 15.4. The highest BCUT2D eigenvalue weighted by Crippen LogP contribution is 2.22. The number of fused-ring (bicyclic) bond motifs is 1. The van der Waals surface area contributed by atoms with E-state index in [2.05, 4.69) is 36.4 Å². The highest BCUT2D eigenvalue weighted by Gasteiger charge is 2.11. The Kier molecular flexibility index (Phi) is 6.42. The molecule has 0 saturated carbocycles. The van der Waals surface area contributed by atoms with E-state index in [0.29, 0.717) is 29.5 Å². The first kappa shape index (κ1) is 21.8. The largest absolute Gasteiger partial charge is 0.352 e. The average molecular weight is 449 g/mol. The number of rotatable bonds is 7. The zero-order chi connectivity index (χ0) is 22.7. The van der Waals surface area contributed by atoms with Gasteiger partial charge in [0.2, 0.25) is 5.91 Å². The van der Waals surface area contributed by atoms with E-state index in [4.69, 9.17) is 11.6 Å². The van der Waals surface area contributed by atoms with Gasteiger partial charge in [-0.1, -0.05) is 61.8 Å². The highest BCUT2D eigenvalue weighted by molar-refractivity contribution is 6.30. The minimum atomic E-state index is -0.173. The fraction of sp³-hybridized carbons (Fsp3) is 0.240. The predicted octanol–water partition coefficient (Wildman–Crippen LogP) is 4.65. The second-order valence-corrected chi connectivity index (χ2v) is 8.53. The van der Waals surface area contributed by atoms with E-state index in [1.807, 2.05) is 30.3 Å². The molecule has 0 fully saturated rings. The lowest BCUT2D eigenvalue weighted by atomic mass is 10.0. The first-order valence-corrected chi connectivity index (χ1v) is 11.0. The van der Waals surface area contributed by atoms with Crippen LogP contribution >= 0.6 is 11.6 Å². The van der Waals surface area contributed by atoms with Crippen molar-refractivity contribution in [3.05, 3.63) is 93.5 Å². The quantitative estimate of drug-likeness (QED) is 0.447. The number of carbonyl (C=O) groups excluding carboxylic acids is 1. The Morgan fingerprint density at radius 2 is 1.88 bits per heavy atom. The summed E-state index contributed by atoms with van der Waals surface area (Å²) in [5.74, 6) is 0.330. The number of amides is 1. The van der Waals surface area contributed by atoms with Crippen LogP contribution in [0.1, 0.15) is 37.3 Å². The zero-order valence-corrected chi connectivity index (χ0v) is 18.8. The molecule has 7 heteroatoms. The van der Waals surface area contributed by atoms with Gasteiger partial charge in [0, 0.05) is 42.5 Å². The van der Waals surface area contributed by atoms with Crippen molar-refractivity contribution in [2.75, 3.05) is 0 Å². The van der Waals surface area contributed by atoms with E-state index in [0.717, 1.165) is 16.8 Å². The number of hydrogen-bond acceptors (Lipinski definition) is 3. The van der Waals surface area contributed by atoms with Crippen LogP contribution in [0.4, 0.5) is 0 Å². The first-order valence-electron chi connectivity index (χ1n) is 10.6. The van der Waals surface area contributed by atoms with Crippen LogP contribution in [0.15, 0.2) is 71.8 Å². The minimum absolute atomic E-state index is 0.129. The van der Waals surface area contributed by atoms with E-state index in [1.165, 1.54) is 5.56 Å². The molecule has 2 aromatic heterocycles. The Balaban J connectivity index is 1.44. The third-order valence-corrected chi connectivity index (χ3v) is 5.67. The van der Waals surface area contributed by atoms with Gasteiger partial charge in [-0.3, -0.25) is 9.59 Å². The number of nitrogens with zero attached hydrogens (tertiary/aromatic N) is 3. The van der Waals surface area contributed by atoms with Crippen LogP contribution in [0.2, 0.25) is 5.02 Å². The molecular formula is C25H25ClN4O2. The van der Waals surface area contributed by atoms with E-state index >= 15 is 0 Å². The number of nitrogens with one attached hydrogen (secondary N) is 1. The van der Waals surface area contributed by atoms with Gasteiger partial charge in [0.25, 0.3) is 5.56 Å². The molecule has 1 N–H and O–H groups in total. The van der Waals surface area contributed by atoms with Crippen molar-refractivity contribution < 1.29 is 4.79 Å². The van der Waals surface area contributed by atoms with Crippen molar-refractivity contribution in [3.63, 3.8) is 0 Å². The van der Waals surface area contributed by atoms with Crippen molar-refractivity contribution >= 4 is 23.0 Å². The molecule has 0 aliphatic carbocycles. The summed E-state index contributed by atoms with van der Waals surface area (Å²) in [4.78, 5) is 25.1. The van der Waals surface area contributed by atoms with Crippen LogP contribution in [0, 0.1) is 0 Å². The van der Waals surface area contributed by atoms with Crippen molar-refractivity contribution in [3.8, 4) is 11.3 Å². The summed E-state index contributed by atoms with van der Waals surface area (Å²) in [5.41, 5.74) is 4.20. The van der Waals surface area contributed by atoms with Crippen molar-refractivity contribution in [2.45, 2.75) is 39.3 Å². The molecule has 0 atom stereocenters. The van der Waals surface area contributed by atoms with Crippen LogP contribution in [0.3, 0.4) is 0 Å². The lowest BCUT2D eigenvalue weighted by molar-refractivity contribution is -0.121. The molecule has 0 unspecified atom stereocenters. The number of aromatic nitrogens is 3. The van der Waals surface area contributed by atoms with Gasteiger partial charge in [0.05, 0.1) is 5.69 Å². The molecule has 0 bridgehead atoms. The van der Waals surface area contributed by atoms with Gasteiger partial charge >= 0.3 is 0 Å². The molecule has 4 rings (SSSR count). The second kappa shape index (κ2) is 9.40. The molecule has 1 amide bonds. The van der Waals surface area contributed by atoms with Gasteiger partial charge in [-0.25, -0.2) is 4.52 Å². The number of aryl methyl sites for hydroxylation is 1. The molecule has 2 heterocycles. The molecule has 2 aromatic carbocycles. The van der Waals surface area contributed by atoms with Crippen LogP contribution in [0.25, 0.3) is 16.8 Å². The smallest absolute Gasteiger partial charge is 0.276 e. The van der Waals surface area contributed by atoms with Crippen molar-refractivity contribution in [1.82, 2.24) is 19.5 Å². The van der Waals surface area contributed by atoms with Crippen LogP contribution in [-0.2, 0) is 17.9 Å². The van der Waals surface area contributed by atoms with E-state index in [9.17, 15) is 9.59 Å². The van der Waals surface area contributed by atoms with Crippen LogP contribution in [-0.4, -0.2) is 20.1 Å². The summed E-state index contributed by atoms with van der Waals surface area (Å²) < 4.78 is 3.13. The van der Waals surface area contributed by atoms with Crippen molar-refractivity contribution in [2.24, 2.45) is 0 Å². The lowest BCUT2D eigenvalue weighted by Gasteiger charge is -2.08.